The minimum absolute atomic E-state index is 0. The third-order valence-corrected chi connectivity index (χ3v) is 1.09. The van der Waals surface area contributed by atoms with E-state index < -0.39 is 5.97 Å². The molecule has 0 radical (unpaired) electrons. The topological polar surface area (TPSA) is 92.5 Å². The molecule has 0 saturated heterocycles. The summed E-state index contributed by atoms with van der Waals surface area (Å²) in [6, 6.07) is 5.52. The third-order valence-electron chi connectivity index (χ3n) is 1.09. The summed E-state index contributed by atoms with van der Waals surface area (Å²) in [4.78, 5) is 10.2. The van der Waals surface area contributed by atoms with Crippen LogP contribution in [0.15, 0.2) is 24.3 Å². The molecule has 5 N–H and O–H groups in total. The van der Waals surface area contributed by atoms with E-state index in [-0.39, 0.29) is 17.5 Å². The highest BCUT2D eigenvalue weighted by Crippen LogP contribution is 2.09. The van der Waals surface area contributed by atoms with Gasteiger partial charge in [-0.1, -0.05) is 6.07 Å². The lowest BCUT2D eigenvalue weighted by molar-refractivity contribution is 0.0696. The van der Waals surface area contributed by atoms with Gasteiger partial charge in [-0.2, -0.15) is 0 Å². The molecule has 0 aliphatic rings. The first-order valence-corrected chi connectivity index (χ1v) is 2.72. The molecular formula is C7H9NO3. The van der Waals surface area contributed by atoms with Crippen LogP contribution in [0, 0.1) is 0 Å². The minimum atomic E-state index is -1.03. The molecule has 4 nitrogen and oxygen atoms in total. The number of rotatable bonds is 1. The number of carboxylic acid groups (broad SMARTS) is 1. The molecule has 11 heavy (non-hydrogen) atoms. The second-order valence-electron chi connectivity index (χ2n) is 1.86. The fourth-order valence-corrected chi connectivity index (χ4v) is 0.639. The van der Waals surface area contributed by atoms with Gasteiger partial charge in [-0.15, -0.1) is 0 Å². The molecule has 0 amide bonds. The van der Waals surface area contributed by atoms with Gasteiger partial charge in [0.2, 0.25) is 0 Å². The van der Waals surface area contributed by atoms with Crippen LogP contribution in [0.1, 0.15) is 10.4 Å². The molecule has 0 heterocycles. The first-order chi connectivity index (χ1) is 4.70. The molecular weight excluding hydrogens is 146 g/mol. The lowest BCUT2D eigenvalue weighted by Gasteiger charge is -1.92. The molecule has 0 fully saturated rings. The van der Waals surface area contributed by atoms with Gasteiger partial charge < -0.3 is 16.4 Å². The Kier molecular flexibility index (Phi) is 3.07. The molecule has 1 aromatic rings. The first-order valence-electron chi connectivity index (χ1n) is 2.72. The molecule has 0 aliphatic heterocycles. The van der Waals surface area contributed by atoms with Gasteiger partial charge in [0, 0.05) is 0 Å². The van der Waals surface area contributed by atoms with Gasteiger partial charge in [0.25, 0.3) is 0 Å². The van der Waals surface area contributed by atoms with Crippen molar-refractivity contribution in [3.05, 3.63) is 29.8 Å². The summed E-state index contributed by atoms with van der Waals surface area (Å²) < 4.78 is 0. The number of phenolic OH excluding ortho intramolecular Hbond substituents is 1. The van der Waals surface area contributed by atoms with E-state index >= 15 is 0 Å². The molecule has 0 aromatic heterocycles. The number of benzene rings is 1. The summed E-state index contributed by atoms with van der Waals surface area (Å²) in [6.45, 7) is 0. The van der Waals surface area contributed by atoms with E-state index in [9.17, 15) is 4.79 Å². The molecule has 0 atom stereocenters. The summed E-state index contributed by atoms with van der Waals surface area (Å²) in [6.07, 6.45) is 0. The van der Waals surface area contributed by atoms with Crippen molar-refractivity contribution < 1.29 is 15.0 Å². The van der Waals surface area contributed by atoms with Gasteiger partial charge in [-0.3, -0.25) is 0 Å². The molecule has 0 aliphatic carbocycles. The Morgan fingerprint density at radius 2 is 2.00 bits per heavy atom. The summed E-state index contributed by atoms with van der Waals surface area (Å²) in [5, 5.41) is 17.2. The molecule has 0 bridgehead atoms. The predicted molar refractivity (Wildman–Crippen MR) is 40.1 cm³/mol. The van der Waals surface area contributed by atoms with Crippen molar-refractivity contribution in [3.8, 4) is 5.75 Å². The second kappa shape index (κ2) is 3.58. The molecule has 0 spiro atoms. The van der Waals surface area contributed by atoms with Crippen LogP contribution in [-0.4, -0.2) is 16.2 Å². The van der Waals surface area contributed by atoms with Crippen LogP contribution >= 0.6 is 0 Å². The van der Waals surface area contributed by atoms with Crippen LogP contribution in [0.25, 0.3) is 0 Å². The zero-order valence-corrected chi connectivity index (χ0v) is 5.82. The Hall–Kier alpha value is -1.55. The van der Waals surface area contributed by atoms with E-state index in [1.54, 1.807) is 0 Å². The average molecular weight is 155 g/mol. The van der Waals surface area contributed by atoms with Gasteiger partial charge in [0.1, 0.15) is 5.75 Å². The summed E-state index contributed by atoms with van der Waals surface area (Å²) in [5.74, 6) is -1.06. The maximum absolute atomic E-state index is 10.2. The SMILES string of the molecule is N.O=C(O)c1cccc(O)c1. The number of aromatic carboxylic acids is 1. The number of phenols is 1. The van der Waals surface area contributed by atoms with Gasteiger partial charge in [-0.05, 0) is 18.2 Å². The zero-order valence-electron chi connectivity index (χ0n) is 5.82. The molecule has 0 saturated carbocycles. The van der Waals surface area contributed by atoms with E-state index in [0.29, 0.717) is 0 Å². The van der Waals surface area contributed by atoms with Crippen molar-refractivity contribution in [2.24, 2.45) is 0 Å². The average Bonchev–Trinajstić information content (AvgIpc) is 1.88. The maximum atomic E-state index is 10.2. The van der Waals surface area contributed by atoms with E-state index in [1.165, 1.54) is 24.3 Å². The van der Waals surface area contributed by atoms with Crippen molar-refractivity contribution in [2.45, 2.75) is 0 Å². The first kappa shape index (κ1) is 9.45. The van der Waals surface area contributed by atoms with Gasteiger partial charge in [0.15, 0.2) is 0 Å². The summed E-state index contributed by atoms with van der Waals surface area (Å²) in [7, 11) is 0. The van der Waals surface area contributed by atoms with E-state index in [1.807, 2.05) is 0 Å². The highest BCUT2D eigenvalue weighted by atomic mass is 16.4. The number of hydrogen-bond donors (Lipinski definition) is 3. The number of carboxylic acids is 1. The van der Waals surface area contributed by atoms with Crippen molar-refractivity contribution >= 4 is 5.97 Å². The van der Waals surface area contributed by atoms with Crippen molar-refractivity contribution in [2.75, 3.05) is 0 Å². The van der Waals surface area contributed by atoms with Crippen molar-refractivity contribution in [3.63, 3.8) is 0 Å². The van der Waals surface area contributed by atoms with Crippen LogP contribution in [0.2, 0.25) is 0 Å². The maximum Gasteiger partial charge on any atom is 0.335 e. The Bertz CT molecular complexity index is 260. The largest absolute Gasteiger partial charge is 0.508 e. The lowest BCUT2D eigenvalue weighted by atomic mass is 10.2. The highest BCUT2D eigenvalue weighted by Gasteiger charge is 2.00. The van der Waals surface area contributed by atoms with E-state index in [4.69, 9.17) is 10.2 Å². The van der Waals surface area contributed by atoms with Gasteiger partial charge in [0.05, 0.1) is 5.56 Å². The van der Waals surface area contributed by atoms with Gasteiger partial charge in [-0.25, -0.2) is 4.79 Å². The van der Waals surface area contributed by atoms with E-state index in [2.05, 4.69) is 0 Å². The summed E-state index contributed by atoms with van der Waals surface area (Å²) in [5.41, 5.74) is 0.0972. The lowest BCUT2D eigenvalue weighted by Crippen LogP contribution is -1.94. The molecule has 60 valence electrons. The standard InChI is InChI=1S/C7H6O3.H3N/c8-6-3-1-2-5(4-6)7(9)10;/h1-4,8H,(H,9,10);1H3. The Morgan fingerprint density at radius 1 is 1.36 bits per heavy atom. The normalized spacial score (nSPS) is 8.36. The predicted octanol–water partition coefficient (Wildman–Crippen LogP) is 1.25. The Labute approximate surface area is 63.7 Å². The molecule has 1 rings (SSSR count). The van der Waals surface area contributed by atoms with Crippen molar-refractivity contribution in [1.82, 2.24) is 6.15 Å². The molecule has 0 unspecified atom stereocenters. The fourth-order valence-electron chi connectivity index (χ4n) is 0.639. The van der Waals surface area contributed by atoms with Crippen LogP contribution in [-0.2, 0) is 0 Å². The second-order valence-corrected chi connectivity index (χ2v) is 1.86. The quantitative estimate of drug-likeness (QED) is 0.569. The van der Waals surface area contributed by atoms with Crippen LogP contribution < -0.4 is 6.15 Å². The van der Waals surface area contributed by atoms with E-state index in [0.717, 1.165) is 0 Å². The third kappa shape index (κ3) is 2.27. The smallest absolute Gasteiger partial charge is 0.335 e. The highest BCUT2D eigenvalue weighted by molar-refractivity contribution is 5.87. The number of aromatic hydroxyl groups is 1. The van der Waals surface area contributed by atoms with Crippen molar-refractivity contribution in [1.29, 1.82) is 0 Å². The molecule has 4 heteroatoms. The summed E-state index contributed by atoms with van der Waals surface area (Å²) >= 11 is 0. The number of carbonyl (C=O) groups is 1. The molecule has 1 aromatic carbocycles. The Balaban J connectivity index is 0.000001000. The monoisotopic (exact) mass is 155 g/mol. The van der Waals surface area contributed by atoms with Crippen LogP contribution in [0.3, 0.4) is 0 Å². The Morgan fingerprint density at radius 3 is 2.36 bits per heavy atom. The van der Waals surface area contributed by atoms with Crippen LogP contribution in [0.4, 0.5) is 0 Å². The fraction of sp³-hybridized carbons (Fsp3) is 0. The van der Waals surface area contributed by atoms with Crippen LogP contribution in [0.5, 0.6) is 5.75 Å². The number of hydrogen-bond acceptors (Lipinski definition) is 3. The zero-order chi connectivity index (χ0) is 7.56. The minimum Gasteiger partial charge on any atom is -0.508 e. The van der Waals surface area contributed by atoms with Gasteiger partial charge >= 0.3 is 5.97 Å².